The van der Waals surface area contributed by atoms with Crippen LogP contribution in [-0.4, -0.2) is 40.7 Å². The van der Waals surface area contributed by atoms with E-state index in [0.29, 0.717) is 0 Å². The first-order chi connectivity index (χ1) is 22.7. The number of aryl methyl sites for hydroxylation is 2. The van der Waals surface area contributed by atoms with Crippen LogP contribution < -0.4 is 5.11 Å². The third kappa shape index (κ3) is 9.71. The van der Waals surface area contributed by atoms with Crippen LogP contribution in [0.1, 0.15) is 105 Å². The van der Waals surface area contributed by atoms with Gasteiger partial charge < -0.3 is 20.1 Å². The quantitative estimate of drug-likeness (QED) is 0.144. The number of phenols is 2. The average Bonchev–Trinajstić information content (AvgIpc) is 3.06. The monoisotopic (exact) mass is 700 g/mol. The molecule has 2 atom stereocenters. The molecule has 6 nitrogen and oxygen atoms in total. The number of rotatable bonds is 8. The molecule has 0 heterocycles. The molecule has 0 aliphatic heterocycles. The van der Waals surface area contributed by atoms with Crippen LogP contribution >= 0.6 is 0 Å². The first kappa shape index (κ1) is 39.2. The predicted molar refractivity (Wildman–Crippen MR) is 195 cm³/mol. The summed E-state index contributed by atoms with van der Waals surface area (Å²) < 4.78 is 0. The maximum atomic E-state index is 11.4. The third-order valence-corrected chi connectivity index (χ3v) is 9.41. The molecule has 1 saturated carbocycles. The second kappa shape index (κ2) is 17.0. The molecule has 0 amide bonds. The molecule has 7 heteroatoms. The zero-order chi connectivity index (χ0) is 35.1. The van der Waals surface area contributed by atoms with Crippen molar-refractivity contribution in [3.05, 3.63) is 129 Å². The van der Waals surface area contributed by atoms with E-state index < -0.39 is 5.97 Å². The van der Waals surface area contributed by atoms with Crippen LogP contribution in [0, 0.1) is 13.8 Å². The Morgan fingerprint density at radius 3 is 1.35 bits per heavy atom. The smallest absolute Gasteiger partial charge is 0.128 e. The number of hydrogen-bond acceptors (Lipinski definition) is 6. The number of aromatic hydroxyl groups is 2. The standard InChI is InChI=1S/C40H46N2O2.C2H4O2.Mn/c1-27-21-29(37(43)33(23-27)39(3,4)31-15-9-7-10-16-31)25-41-35-19-13-14-20-36(35)42-26-30-22-28(2)24-34(38(30)44)40(5,6)32-17-11-8-12-18-32;1-2(3)4;/h7-12,15-18,21-26,35-36,43-44H,13-14,19-20H2,1-6H3;1H3,(H,3,4);/p-1/t35-,36-;;/m1../s1. The summed E-state index contributed by atoms with van der Waals surface area (Å²) in [6.07, 6.45) is 7.78. The second-order valence-corrected chi connectivity index (χ2v) is 13.9. The van der Waals surface area contributed by atoms with Gasteiger partial charge in [0.1, 0.15) is 11.5 Å². The number of nitrogens with zero attached hydrogens (tertiary/aromatic N) is 2. The van der Waals surface area contributed by atoms with Crippen LogP contribution in [0.15, 0.2) is 94.9 Å². The van der Waals surface area contributed by atoms with Gasteiger partial charge in [-0.3, -0.25) is 9.98 Å². The van der Waals surface area contributed by atoms with Crippen LogP contribution in [0.4, 0.5) is 0 Å². The molecule has 0 spiro atoms. The Balaban J connectivity index is 0.00000123. The fourth-order valence-corrected chi connectivity index (χ4v) is 6.58. The Morgan fingerprint density at radius 1 is 0.694 bits per heavy atom. The second-order valence-electron chi connectivity index (χ2n) is 13.9. The zero-order valence-corrected chi connectivity index (χ0v) is 30.9. The summed E-state index contributed by atoms with van der Waals surface area (Å²) in [6.45, 7) is 13.7. The number of carboxylic acid groups (broad SMARTS) is 1. The predicted octanol–water partition coefficient (Wildman–Crippen LogP) is 7.97. The van der Waals surface area contributed by atoms with Crippen molar-refractivity contribution in [1.29, 1.82) is 0 Å². The van der Waals surface area contributed by atoms with Crippen LogP contribution in [-0.2, 0) is 32.7 Å². The van der Waals surface area contributed by atoms with E-state index in [1.165, 1.54) is 0 Å². The molecule has 0 aromatic heterocycles. The molecule has 1 aliphatic carbocycles. The van der Waals surface area contributed by atoms with Crippen molar-refractivity contribution < 1.29 is 37.2 Å². The van der Waals surface area contributed by atoms with Crippen LogP contribution in [0.25, 0.3) is 0 Å². The Kier molecular flexibility index (Phi) is 13.6. The summed E-state index contributed by atoms with van der Waals surface area (Å²) in [5.41, 5.74) is 7.03. The molecule has 259 valence electrons. The number of benzene rings is 4. The van der Waals surface area contributed by atoms with Crippen LogP contribution in [0.2, 0.25) is 0 Å². The van der Waals surface area contributed by atoms with Crippen molar-refractivity contribution in [2.45, 2.75) is 97.1 Å². The van der Waals surface area contributed by atoms with Gasteiger partial charge in [0.25, 0.3) is 0 Å². The van der Waals surface area contributed by atoms with Crippen molar-refractivity contribution in [2.24, 2.45) is 9.98 Å². The van der Waals surface area contributed by atoms with E-state index in [0.717, 1.165) is 77.1 Å². The fraction of sp³-hybridized carbons (Fsp3) is 0.357. The minimum atomic E-state index is -1.08. The maximum Gasteiger partial charge on any atom is 0.128 e. The van der Waals surface area contributed by atoms with E-state index in [1.807, 2.05) is 61.0 Å². The van der Waals surface area contributed by atoms with E-state index in [1.54, 1.807) is 0 Å². The van der Waals surface area contributed by atoms with Crippen LogP contribution in [0.3, 0.4) is 0 Å². The number of aliphatic carboxylic acids is 1. The van der Waals surface area contributed by atoms with E-state index in [4.69, 9.17) is 19.9 Å². The fourth-order valence-electron chi connectivity index (χ4n) is 6.58. The van der Waals surface area contributed by atoms with Crippen molar-refractivity contribution in [3.63, 3.8) is 0 Å². The van der Waals surface area contributed by atoms with Gasteiger partial charge >= 0.3 is 0 Å². The summed E-state index contributed by atoms with van der Waals surface area (Å²) >= 11 is 0. The number of carbonyl (C=O) groups is 1. The van der Waals surface area contributed by atoms with Crippen molar-refractivity contribution in [3.8, 4) is 11.5 Å². The maximum absolute atomic E-state index is 11.4. The molecular formula is C42H49MnN2O4-. The van der Waals surface area contributed by atoms with E-state index in [2.05, 4.69) is 77.9 Å². The number of carboxylic acids is 1. The van der Waals surface area contributed by atoms with Gasteiger partial charge in [0.2, 0.25) is 0 Å². The first-order valence-corrected chi connectivity index (χ1v) is 16.7. The molecule has 1 fully saturated rings. The summed E-state index contributed by atoms with van der Waals surface area (Å²) in [5, 5.41) is 31.8. The van der Waals surface area contributed by atoms with E-state index >= 15 is 0 Å². The molecule has 0 bridgehead atoms. The van der Waals surface area contributed by atoms with Gasteiger partial charge in [-0.2, -0.15) is 0 Å². The molecule has 4 aromatic carbocycles. The number of carbonyl (C=O) groups excluding carboxylic acids is 1. The molecule has 1 radical (unpaired) electrons. The Bertz CT molecular complexity index is 1640. The van der Waals surface area contributed by atoms with Gasteiger partial charge in [-0.25, -0.2) is 0 Å². The zero-order valence-electron chi connectivity index (χ0n) is 29.7. The van der Waals surface area contributed by atoms with Crippen molar-refractivity contribution in [2.75, 3.05) is 0 Å². The SMILES string of the molecule is CC(=O)[O-].Cc1cc(C=N[C@@H]2CCCC[C@H]2N=Cc2cc(C)cc(C(C)(C)c3ccccc3)c2O)c(O)c(C(C)(C)c2ccccc2)c1.[Mn]. The van der Waals surface area contributed by atoms with Gasteiger partial charge in [0.15, 0.2) is 0 Å². The molecule has 4 aromatic rings. The molecule has 2 N–H and O–H groups in total. The normalized spacial score (nSPS) is 16.6. The van der Waals surface area contributed by atoms with Crippen molar-refractivity contribution in [1.82, 2.24) is 0 Å². The Morgan fingerprint density at radius 2 is 1.02 bits per heavy atom. The molecule has 1 aliphatic rings. The molecule has 5 rings (SSSR count). The summed E-state index contributed by atoms with van der Waals surface area (Å²) in [5.74, 6) is -0.524. The molecule has 49 heavy (non-hydrogen) atoms. The van der Waals surface area contributed by atoms with Gasteiger partial charge in [0.05, 0.1) is 12.1 Å². The van der Waals surface area contributed by atoms with Gasteiger partial charge in [-0.05, 0) is 68.0 Å². The third-order valence-electron chi connectivity index (χ3n) is 9.41. The summed E-state index contributed by atoms with van der Waals surface area (Å²) in [4.78, 5) is 18.9. The van der Waals surface area contributed by atoms with E-state index in [9.17, 15) is 10.2 Å². The molecule has 0 saturated heterocycles. The van der Waals surface area contributed by atoms with Crippen LogP contribution in [0.5, 0.6) is 11.5 Å². The minimum absolute atomic E-state index is 0. The summed E-state index contributed by atoms with van der Waals surface area (Å²) in [6, 6.07) is 28.8. The number of hydrogen-bond donors (Lipinski definition) is 2. The largest absolute Gasteiger partial charge is 0.550 e. The topological polar surface area (TPSA) is 105 Å². The molecular weight excluding hydrogens is 651 g/mol. The number of aliphatic imine (C=N–C) groups is 2. The number of phenolic OH excluding ortho intramolecular Hbond substituents is 2. The first-order valence-electron chi connectivity index (χ1n) is 16.7. The summed E-state index contributed by atoms with van der Waals surface area (Å²) in [7, 11) is 0. The van der Waals surface area contributed by atoms with Crippen molar-refractivity contribution >= 4 is 18.4 Å². The van der Waals surface area contributed by atoms with Gasteiger partial charge in [0, 0.05) is 68.6 Å². The minimum Gasteiger partial charge on any atom is -0.550 e. The molecule has 0 unspecified atom stereocenters. The Labute approximate surface area is 302 Å². The Hall–Kier alpha value is -4.19. The average molecular weight is 701 g/mol. The van der Waals surface area contributed by atoms with Gasteiger partial charge in [-0.1, -0.05) is 113 Å². The van der Waals surface area contributed by atoms with E-state index in [-0.39, 0.29) is 51.5 Å². The van der Waals surface area contributed by atoms with Gasteiger partial charge in [-0.15, -0.1) is 0 Å².